The standard InChI is InChI=1S/C9H20N2.2C2H6/c1-8-4-6-11(3)7-5-9(8)10-2;2*1-2/h8-10H,4-7H2,1-3H3;2*1-2H3. The van der Waals surface area contributed by atoms with Gasteiger partial charge in [0.25, 0.3) is 0 Å². The Morgan fingerprint density at radius 2 is 1.47 bits per heavy atom. The van der Waals surface area contributed by atoms with E-state index in [0.717, 1.165) is 12.0 Å². The van der Waals surface area contributed by atoms with Gasteiger partial charge in [0, 0.05) is 6.04 Å². The van der Waals surface area contributed by atoms with E-state index >= 15 is 0 Å². The highest BCUT2D eigenvalue weighted by molar-refractivity contribution is 4.77. The summed E-state index contributed by atoms with van der Waals surface area (Å²) in [6, 6.07) is 0.736. The lowest BCUT2D eigenvalue weighted by Crippen LogP contribution is -2.32. The maximum absolute atomic E-state index is 3.39. The zero-order valence-electron chi connectivity index (χ0n) is 11.9. The first-order valence-corrected chi connectivity index (χ1v) is 6.60. The van der Waals surface area contributed by atoms with Gasteiger partial charge >= 0.3 is 0 Å². The first kappa shape index (κ1) is 17.3. The van der Waals surface area contributed by atoms with E-state index in [-0.39, 0.29) is 0 Å². The number of hydrogen-bond acceptors (Lipinski definition) is 2. The molecule has 1 fully saturated rings. The predicted octanol–water partition coefficient (Wildman–Crippen LogP) is 2.99. The fraction of sp³-hybridized carbons (Fsp3) is 1.00. The van der Waals surface area contributed by atoms with Gasteiger partial charge in [-0.3, -0.25) is 0 Å². The third-order valence-electron chi connectivity index (χ3n) is 2.85. The van der Waals surface area contributed by atoms with Crippen LogP contribution in [0.2, 0.25) is 0 Å². The molecule has 0 aliphatic carbocycles. The van der Waals surface area contributed by atoms with Crippen LogP contribution in [0.4, 0.5) is 0 Å². The number of nitrogens with zero attached hydrogens (tertiary/aromatic N) is 1. The second-order valence-electron chi connectivity index (χ2n) is 3.75. The van der Waals surface area contributed by atoms with Gasteiger partial charge in [0.1, 0.15) is 0 Å². The highest BCUT2D eigenvalue weighted by atomic mass is 15.1. The van der Waals surface area contributed by atoms with Crippen molar-refractivity contribution in [2.24, 2.45) is 5.92 Å². The number of rotatable bonds is 1. The van der Waals surface area contributed by atoms with Crippen molar-refractivity contribution in [3.05, 3.63) is 0 Å². The second-order valence-corrected chi connectivity index (χ2v) is 3.75. The summed E-state index contributed by atoms with van der Waals surface area (Å²) in [5.74, 6) is 0.838. The van der Waals surface area contributed by atoms with E-state index in [9.17, 15) is 0 Å². The van der Waals surface area contributed by atoms with E-state index in [2.05, 4.69) is 31.2 Å². The van der Waals surface area contributed by atoms with Crippen molar-refractivity contribution in [2.45, 2.75) is 53.5 Å². The molecule has 0 spiro atoms. The van der Waals surface area contributed by atoms with Crippen molar-refractivity contribution in [1.82, 2.24) is 10.2 Å². The average molecular weight is 216 g/mol. The van der Waals surface area contributed by atoms with Gasteiger partial charge in [0.2, 0.25) is 0 Å². The Morgan fingerprint density at radius 3 is 1.93 bits per heavy atom. The molecule has 2 atom stereocenters. The molecule has 0 saturated carbocycles. The maximum Gasteiger partial charge on any atom is 0.0102 e. The fourth-order valence-electron chi connectivity index (χ4n) is 1.81. The van der Waals surface area contributed by atoms with E-state index in [1.165, 1.54) is 25.9 Å². The molecule has 94 valence electrons. The van der Waals surface area contributed by atoms with Crippen LogP contribution in [0.5, 0.6) is 0 Å². The summed E-state index contributed by atoms with van der Waals surface area (Å²) in [6.07, 6.45) is 2.64. The third-order valence-corrected chi connectivity index (χ3v) is 2.85. The molecule has 2 unspecified atom stereocenters. The van der Waals surface area contributed by atoms with E-state index in [1.54, 1.807) is 0 Å². The fourth-order valence-corrected chi connectivity index (χ4v) is 1.81. The van der Waals surface area contributed by atoms with Crippen LogP contribution in [0, 0.1) is 5.92 Å². The lowest BCUT2D eigenvalue weighted by molar-refractivity contribution is 0.344. The molecule has 0 aromatic carbocycles. The highest BCUT2D eigenvalue weighted by Crippen LogP contribution is 2.15. The Balaban J connectivity index is 0. The molecular weight excluding hydrogens is 184 g/mol. The van der Waals surface area contributed by atoms with Crippen molar-refractivity contribution >= 4 is 0 Å². The van der Waals surface area contributed by atoms with E-state index in [4.69, 9.17) is 0 Å². The van der Waals surface area contributed by atoms with Crippen LogP contribution >= 0.6 is 0 Å². The van der Waals surface area contributed by atoms with Gasteiger partial charge in [0.05, 0.1) is 0 Å². The van der Waals surface area contributed by atoms with Crippen molar-refractivity contribution in [3.8, 4) is 0 Å². The van der Waals surface area contributed by atoms with Crippen LogP contribution in [0.1, 0.15) is 47.5 Å². The third kappa shape index (κ3) is 7.80. The Labute approximate surface area is 97.4 Å². The Hall–Kier alpha value is -0.0800. The van der Waals surface area contributed by atoms with Gasteiger partial charge in [-0.15, -0.1) is 0 Å². The molecule has 2 nitrogen and oxygen atoms in total. The van der Waals surface area contributed by atoms with Gasteiger partial charge in [-0.25, -0.2) is 0 Å². The summed E-state index contributed by atoms with van der Waals surface area (Å²) < 4.78 is 0. The topological polar surface area (TPSA) is 15.3 Å². The predicted molar refractivity (Wildman–Crippen MR) is 71.4 cm³/mol. The smallest absolute Gasteiger partial charge is 0.0102 e. The molecule has 1 aliphatic heterocycles. The number of hydrogen-bond donors (Lipinski definition) is 1. The Bertz CT molecular complexity index is 115. The van der Waals surface area contributed by atoms with Gasteiger partial charge in [0.15, 0.2) is 0 Å². The van der Waals surface area contributed by atoms with Gasteiger partial charge in [-0.2, -0.15) is 0 Å². The molecule has 0 bridgehead atoms. The molecule has 0 amide bonds. The van der Waals surface area contributed by atoms with Crippen LogP contribution < -0.4 is 5.32 Å². The number of nitrogens with one attached hydrogen (secondary N) is 1. The number of likely N-dealkylation sites (tertiary alicyclic amines) is 1. The quantitative estimate of drug-likeness (QED) is 0.725. The summed E-state index contributed by atoms with van der Waals surface area (Å²) in [5, 5.41) is 3.39. The molecule has 0 radical (unpaired) electrons. The Morgan fingerprint density at radius 1 is 1.00 bits per heavy atom. The molecule has 2 heteroatoms. The van der Waals surface area contributed by atoms with E-state index < -0.39 is 0 Å². The normalized spacial score (nSPS) is 26.6. The molecular formula is C13H32N2. The second kappa shape index (κ2) is 12.0. The molecule has 0 aromatic rings. The monoisotopic (exact) mass is 216 g/mol. The highest BCUT2D eigenvalue weighted by Gasteiger charge is 2.19. The average Bonchev–Trinajstić information content (AvgIpc) is 2.47. The molecule has 15 heavy (non-hydrogen) atoms. The molecule has 1 N–H and O–H groups in total. The van der Waals surface area contributed by atoms with Crippen LogP contribution in [-0.2, 0) is 0 Å². The molecule has 1 rings (SSSR count). The van der Waals surface area contributed by atoms with Crippen LogP contribution in [-0.4, -0.2) is 38.1 Å². The lowest BCUT2D eigenvalue weighted by atomic mass is 9.97. The maximum atomic E-state index is 3.39. The molecule has 1 heterocycles. The summed E-state index contributed by atoms with van der Waals surface area (Å²) in [7, 11) is 4.29. The van der Waals surface area contributed by atoms with Gasteiger partial charge in [-0.1, -0.05) is 34.6 Å². The van der Waals surface area contributed by atoms with Crippen molar-refractivity contribution in [1.29, 1.82) is 0 Å². The summed E-state index contributed by atoms with van der Waals surface area (Å²) in [5.41, 5.74) is 0. The SMILES string of the molecule is CC.CC.CNC1CCN(C)CCC1C. The van der Waals surface area contributed by atoms with Gasteiger partial charge < -0.3 is 10.2 Å². The van der Waals surface area contributed by atoms with Crippen molar-refractivity contribution in [2.75, 3.05) is 27.2 Å². The molecule has 1 saturated heterocycles. The van der Waals surface area contributed by atoms with Crippen molar-refractivity contribution < 1.29 is 0 Å². The Kier molecular flexibility index (Phi) is 13.8. The first-order valence-electron chi connectivity index (χ1n) is 6.60. The van der Waals surface area contributed by atoms with Crippen LogP contribution in [0.15, 0.2) is 0 Å². The zero-order chi connectivity index (χ0) is 12.3. The zero-order valence-corrected chi connectivity index (χ0v) is 11.9. The first-order chi connectivity index (χ1) is 7.24. The van der Waals surface area contributed by atoms with Crippen molar-refractivity contribution in [3.63, 3.8) is 0 Å². The minimum absolute atomic E-state index is 0.736. The molecule has 0 aromatic heterocycles. The van der Waals surface area contributed by atoms with E-state index in [1.807, 2.05) is 27.7 Å². The lowest BCUT2D eigenvalue weighted by Gasteiger charge is -2.19. The van der Waals surface area contributed by atoms with Gasteiger partial charge in [-0.05, 0) is 45.9 Å². The molecule has 1 aliphatic rings. The summed E-state index contributed by atoms with van der Waals surface area (Å²) >= 11 is 0. The largest absolute Gasteiger partial charge is 0.317 e. The summed E-state index contributed by atoms with van der Waals surface area (Å²) in [4.78, 5) is 2.42. The van der Waals surface area contributed by atoms with Crippen LogP contribution in [0.25, 0.3) is 0 Å². The minimum Gasteiger partial charge on any atom is -0.317 e. The minimum atomic E-state index is 0.736. The van der Waals surface area contributed by atoms with Crippen LogP contribution in [0.3, 0.4) is 0 Å². The van der Waals surface area contributed by atoms with E-state index in [0.29, 0.717) is 0 Å². The summed E-state index contributed by atoms with van der Waals surface area (Å²) in [6.45, 7) is 12.9.